The molecule has 0 aromatic rings. The third kappa shape index (κ3) is 2.30. The van der Waals surface area contributed by atoms with Crippen molar-refractivity contribution < 1.29 is 20.1 Å². The Balaban J connectivity index is 1.56. The fourth-order valence-corrected chi connectivity index (χ4v) is 8.52. The smallest absolute Gasteiger partial charge is 0.155 e. The maximum absolute atomic E-state index is 11.5. The average molecular weight is 377 g/mol. The third-order valence-corrected chi connectivity index (χ3v) is 9.80. The molecule has 0 aromatic carbocycles. The van der Waals surface area contributed by atoms with Gasteiger partial charge in [0.1, 0.15) is 0 Å². The van der Waals surface area contributed by atoms with E-state index >= 15 is 0 Å². The Labute approximate surface area is 163 Å². The predicted octanol–water partition coefficient (Wildman–Crippen LogP) is 3.39. The number of hydrogen-bond acceptors (Lipinski definition) is 4. The lowest BCUT2D eigenvalue weighted by atomic mass is 9.44. The van der Waals surface area contributed by atoms with Gasteiger partial charge in [-0.25, -0.2) is 0 Å². The maximum atomic E-state index is 11.5. The fourth-order valence-electron chi connectivity index (χ4n) is 8.52. The first-order valence-electron chi connectivity index (χ1n) is 11.1. The number of hydrogen-bond donors (Lipinski definition) is 3. The monoisotopic (exact) mass is 376 g/mol. The Hall–Kier alpha value is -0.420. The summed E-state index contributed by atoms with van der Waals surface area (Å²) in [7, 11) is 0. The highest BCUT2D eigenvalue weighted by molar-refractivity contribution is 5.29. The average Bonchev–Trinajstić information content (AvgIpc) is 3.10. The largest absolute Gasteiger partial charge is 0.393 e. The van der Waals surface area contributed by atoms with E-state index in [2.05, 4.69) is 26.8 Å². The molecule has 4 unspecified atom stereocenters. The second kappa shape index (κ2) is 5.81. The lowest BCUT2D eigenvalue weighted by Gasteiger charge is -2.62. The van der Waals surface area contributed by atoms with Crippen LogP contribution in [0, 0.1) is 34.5 Å². The third-order valence-electron chi connectivity index (χ3n) is 9.80. The quantitative estimate of drug-likeness (QED) is 0.567. The lowest BCUT2D eigenvalue weighted by Crippen LogP contribution is -2.61. The Kier molecular flexibility index (Phi) is 4.00. The highest BCUT2D eigenvalue weighted by atomic mass is 16.6. The second-order valence-corrected chi connectivity index (χ2v) is 10.9. The van der Waals surface area contributed by atoms with Crippen LogP contribution in [-0.2, 0) is 4.74 Å². The first-order valence-corrected chi connectivity index (χ1v) is 11.1. The Morgan fingerprint density at radius 2 is 1.78 bits per heavy atom. The van der Waals surface area contributed by atoms with Gasteiger partial charge in [-0.2, -0.15) is 0 Å². The second-order valence-electron chi connectivity index (χ2n) is 10.9. The van der Waals surface area contributed by atoms with Gasteiger partial charge in [0.05, 0.1) is 17.8 Å². The molecule has 4 aliphatic carbocycles. The zero-order valence-electron chi connectivity index (χ0n) is 17.0. The maximum Gasteiger partial charge on any atom is 0.155 e. The summed E-state index contributed by atoms with van der Waals surface area (Å²) in [4.78, 5) is 0. The van der Waals surface area contributed by atoms with Crippen LogP contribution in [0.25, 0.3) is 0 Å². The Morgan fingerprint density at radius 1 is 1.04 bits per heavy atom. The van der Waals surface area contributed by atoms with E-state index in [1.54, 1.807) is 0 Å². The van der Waals surface area contributed by atoms with Gasteiger partial charge in [0.25, 0.3) is 0 Å². The highest BCUT2D eigenvalue weighted by Gasteiger charge is 2.68. The van der Waals surface area contributed by atoms with Crippen molar-refractivity contribution in [3.8, 4) is 0 Å². The predicted molar refractivity (Wildman–Crippen MR) is 103 cm³/mol. The molecule has 27 heavy (non-hydrogen) atoms. The standard InChI is InChI=1S/C23H36O4/c1-13-10-14-11-15(24)4-7-21(14,2)20-17(25)12-22(3)16(19(13)20)5-8-23(22)9-6-18(26)27-23/h10,13,15-20,24-26H,4-9,11-12H2,1-3H3/t13-,15-,16?,17+,18?,19-,20?,21-,22-,23?/m0/s1. The Bertz CT molecular complexity index is 661. The fraction of sp³-hybridized carbons (Fsp3) is 0.913. The number of aliphatic hydroxyl groups is 3. The zero-order valence-corrected chi connectivity index (χ0v) is 17.0. The van der Waals surface area contributed by atoms with Crippen LogP contribution in [0.5, 0.6) is 0 Å². The SMILES string of the molecule is C[C@H]1C=C2C[C@@H](O)CC[C@]2(C)C2[C@@H]1C1CCC3(CCC(O)O3)[C@@]1(C)C[C@H]2O. The molecule has 3 saturated carbocycles. The van der Waals surface area contributed by atoms with Crippen molar-refractivity contribution in [3.05, 3.63) is 11.6 Å². The molecule has 5 aliphatic rings. The molecule has 152 valence electrons. The molecule has 3 N–H and O–H groups in total. The molecule has 4 heteroatoms. The van der Waals surface area contributed by atoms with Gasteiger partial charge in [0, 0.05) is 11.8 Å². The molecular weight excluding hydrogens is 340 g/mol. The molecule has 0 aromatic heterocycles. The van der Waals surface area contributed by atoms with Gasteiger partial charge in [-0.15, -0.1) is 0 Å². The van der Waals surface area contributed by atoms with Crippen molar-refractivity contribution in [2.75, 3.05) is 0 Å². The highest BCUT2D eigenvalue weighted by Crippen LogP contribution is 2.70. The first-order chi connectivity index (χ1) is 12.7. The van der Waals surface area contributed by atoms with Crippen molar-refractivity contribution >= 4 is 0 Å². The minimum absolute atomic E-state index is 0.0168. The van der Waals surface area contributed by atoms with E-state index in [1.165, 1.54) is 5.57 Å². The number of allylic oxidation sites excluding steroid dienone is 1. The summed E-state index contributed by atoms with van der Waals surface area (Å²) in [5.41, 5.74) is 1.09. The summed E-state index contributed by atoms with van der Waals surface area (Å²) < 4.78 is 6.19. The van der Waals surface area contributed by atoms with Crippen LogP contribution in [-0.4, -0.2) is 39.4 Å². The van der Waals surface area contributed by atoms with Crippen molar-refractivity contribution in [1.82, 2.24) is 0 Å². The van der Waals surface area contributed by atoms with Crippen LogP contribution in [0.2, 0.25) is 0 Å². The number of ether oxygens (including phenoxy) is 1. The minimum atomic E-state index is -0.636. The van der Waals surface area contributed by atoms with Gasteiger partial charge >= 0.3 is 0 Å². The summed E-state index contributed by atoms with van der Waals surface area (Å²) in [5, 5.41) is 31.8. The molecule has 0 amide bonds. The molecule has 1 aliphatic heterocycles. The molecule has 1 saturated heterocycles. The van der Waals surface area contributed by atoms with Crippen molar-refractivity contribution in [2.24, 2.45) is 34.5 Å². The number of fused-ring (bicyclic) bond motifs is 6. The van der Waals surface area contributed by atoms with E-state index in [4.69, 9.17) is 4.74 Å². The first kappa shape index (κ1) is 18.6. The van der Waals surface area contributed by atoms with Crippen LogP contribution in [0.3, 0.4) is 0 Å². The molecule has 1 spiro atoms. The normalized spacial score (nSPS) is 59.9. The molecule has 4 fully saturated rings. The van der Waals surface area contributed by atoms with Crippen LogP contribution < -0.4 is 0 Å². The van der Waals surface area contributed by atoms with Crippen molar-refractivity contribution in [2.45, 2.75) is 96.2 Å². The molecule has 0 radical (unpaired) electrons. The van der Waals surface area contributed by atoms with Gasteiger partial charge in [0.15, 0.2) is 6.29 Å². The molecule has 0 bridgehead atoms. The van der Waals surface area contributed by atoms with Gasteiger partial charge in [-0.3, -0.25) is 0 Å². The van der Waals surface area contributed by atoms with Gasteiger partial charge in [0.2, 0.25) is 0 Å². The summed E-state index contributed by atoms with van der Waals surface area (Å²) in [6.07, 6.45) is 8.44. The molecule has 10 atom stereocenters. The van der Waals surface area contributed by atoms with E-state index in [0.717, 1.165) is 51.4 Å². The summed E-state index contributed by atoms with van der Waals surface area (Å²) >= 11 is 0. The van der Waals surface area contributed by atoms with E-state index < -0.39 is 6.29 Å². The lowest BCUT2D eigenvalue weighted by molar-refractivity contribution is -0.215. The van der Waals surface area contributed by atoms with Crippen LogP contribution >= 0.6 is 0 Å². The van der Waals surface area contributed by atoms with Crippen LogP contribution in [0.4, 0.5) is 0 Å². The van der Waals surface area contributed by atoms with Crippen molar-refractivity contribution in [3.63, 3.8) is 0 Å². The summed E-state index contributed by atoms with van der Waals surface area (Å²) in [5.74, 6) is 1.69. The molecular formula is C23H36O4. The van der Waals surface area contributed by atoms with Gasteiger partial charge < -0.3 is 20.1 Å². The zero-order chi connectivity index (χ0) is 19.2. The van der Waals surface area contributed by atoms with Crippen LogP contribution in [0.15, 0.2) is 11.6 Å². The van der Waals surface area contributed by atoms with E-state index in [-0.39, 0.29) is 34.6 Å². The summed E-state index contributed by atoms with van der Waals surface area (Å²) in [6, 6.07) is 0. The van der Waals surface area contributed by atoms with Gasteiger partial charge in [-0.05, 0) is 74.0 Å². The van der Waals surface area contributed by atoms with E-state index in [1.807, 2.05) is 0 Å². The van der Waals surface area contributed by atoms with E-state index in [0.29, 0.717) is 17.8 Å². The Morgan fingerprint density at radius 3 is 2.48 bits per heavy atom. The topological polar surface area (TPSA) is 69.9 Å². The molecule has 4 nitrogen and oxygen atoms in total. The number of aliphatic hydroxyl groups excluding tert-OH is 3. The number of rotatable bonds is 0. The van der Waals surface area contributed by atoms with Crippen molar-refractivity contribution in [1.29, 1.82) is 0 Å². The summed E-state index contributed by atoms with van der Waals surface area (Å²) in [6.45, 7) is 7.00. The van der Waals surface area contributed by atoms with E-state index in [9.17, 15) is 15.3 Å². The van der Waals surface area contributed by atoms with Gasteiger partial charge in [-0.1, -0.05) is 32.4 Å². The molecule has 1 heterocycles. The molecule has 5 rings (SSSR count). The van der Waals surface area contributed by atoms with Crippen LogP contribution in [0.1, 0.15) is 72.1 Å². The minimum Gasteiger partial charge on any atom is -0.393 e.